The second-order valence-corrected chi connectivity index (χ2v) is 5.59. The summed E-state index contributed by atoms with van der Waals surface area (Å²) in [5.41, 5.74) is 1.58. The van der Waals surface area contributed by atoms with Gasteiger partial charge in [-0.2, -0.15) is 0 Å². The molecule has 0 unspecified atom stereocenters. The first-order valence-electron chi connectivity index (χ1n) is 5.74. The second kappa shape index (κ2) is 3.58. The van der Waals surface area contributed by atoms with Gasteiger partial charge in [-0.15, -0.1) is 11.3 Å². The molecule has 2 aliphatic heterocycles. The van der Waals surface area contributed by atoms with Crippen molar-refractivity contribution in [2.75, 3.05) is 13.2 Å². The summed E-state index contributed by atoms with van der Waals surface area (Å²) in [6, 6.07) is 2.85. The van der Waals surface area contributed by atoms with Gasteiger partial charge in [0.1, 0.15) is 5.60 Å². The van der Waals surface area contributed by atoms with Gasteiger partial charge in [0.05, 0.1) is 6.61 Å². The Hall–Kier alpha value is -0.380. The Bertz CT molecular complexity index is 362. The molecule has 15 heavy (non-hydrogen) atoms. The summed E-state index contributed by atoms with van der Waals surface area (Å²) in [6.45, 7) is 4.24. The van der Waals surface area contributed by atoms with Crippen LogP contribution in [0, 0.1) is 0 Å². The molecule has 0 aliphatic carbocycles. The van der Waals surface area contributed by atoms with Crippen LogP contribution in [0.2, 0.25) is 0 Å². The predicted octanol–water partition coefficient (Wildman–Crippen LogP) is 2.29. The third-order valence-corrected chi connectivity index (χ3v) is 4.71. The van der Waals surface area contributed by atoms with E-state index >= 15 is 0 Å². The Kier molecular flexibility index (Phi) is 2.34. The third-order valence-electron chi connectivity index (χ3n) is 3.57. The number of nitrogens with one attached hydrogen (secondary N) is 1. The van der Waals surface area contributed by atoms with Gasteiger partial charge < -0.3 is 10.1 Å². The summed E-state index contributed by atoms with van der Waals surface area (Å²) >= 11 is 1.88. The maximum Gasteiger partial charge on any atom is 0.105 e. The predicted molar refractivity (Wildman–Crippen MR) is 62.4 cm³/mol. The Labute approximate surface area is 94.6 Å². The zero-order valence-electron chi connectivity index (χ0n) is 9.08. The third kappa shape index (κ3) is 1.53. The summed E-state index contributed by atoms with van der Waals surface area (Å²) in [5, 5.41) is 5.72. The van der Waals surface area contributed by atoms with E-state index in [0.29, 0.717) is 6.04 Å². The number of piperidine rings is 1. The molecule has 3 heteroatoms. The van der Waals surface area contributed by atoms with Crippen molar-refractivity contribution in [3.05, 3.63) is 21.9 Å². The van der Waals surface area contributed by atoms with Crippen molar-refractivity contribution < 1.29 is 4.74 Å². The van der Waals surface area contributed by atoms with Gasteiger partial charge in [-0.3, -0.25) is 0 Å². The highest BCUT2D eigenvalue weighted by Crippen LogP contribution is 2.43. The van der Waals surface area contributed by atoms with Crippen molar-refractivity contribution in [1.82, 2.24) is 5.32 Å². The molecular weight excluding hydrogens is 206 g/mol. The van der Waals surface area contributed by atoms with Gasteiger partial charge in [-0.1, -0.05) is 0 Å². The molecule has 2 atom stereocenters. The van der Waals surface area contributed by atoms with Crippen LogP contribution in [0.25, 0.3) is 0 Å². The van der Waals surface area contributed by atoms with Crippen LogP contribution in [0.1, 0.15) is 30.2 Å². The molecule has 0 saturated carbocycles. The minimum Gasteiger partial charge on any atom is -0.369 e. The SMILES string of the molecule is C[C@H]1C[C@]2(CCN1)OCCc1ccsc12. The van der Waals surface area contributed by atoms with Gasteiger partial charge >= 0.3 is 0 Å². The Morgan fingerprint density at radius 1 is 1.60 bits per heavy atom. The minimum absolute atomic E-state index is 0.0480. The van der Waals surface area contributed by atoms with Crippen molar-refractivity contribution in [1.29, 1.82) is 0 Å². The first-order chi connectivity index (χ1) is 7.30. The molecule has 1 fully saturated rings. The van der Waals surface area contributed by atoms with E-state index in [4.69, 9.17) is 4.74 Å². The van der Waals surface area contributed by atoms with Crippen LogP contribution in [0.15, 0.2) is 11.4 Å². The number of fused-ring (bicyclic) bond motifs is 2. The van der Waals surface area contributed by atoms with Gasteiger partial charge in [0.25, 0.3) is 0 Å². The first-order valence-corrected chi connectivity index (χ1v) is 6.62. The lowest BCUT2D eigenvalue weighted by molar-refractivity contribution is -0.0848. The van der Waals surface area contributed by atoms with Gasteiger partial charge in [-0.25, -0.2) is 0 Å². The van der Waals surface area contributed by atoms with Gasteiger partial charge in [0.2, 0.25) is 0 Å². The average Bonchev–Trinajstić information content (AvgIpc) is 2.67. The smallest absolute Gasteiger partial charge is 0.105 e. The van der Waals surface area contributed by atoms with Gasteiger partial charge in [0.15, 0.2) is 0 Å². The van der Waals surface area contributed by atoms with Gasteiger partial charge in [0, 0.05) is 10.9 Å². The molecule has 82 valence electrons. The highest BCUT2D eigenvalue weighted by molar-refractivity contribution is 7.10. The van der Waals surface area contributed by atoms with E-state index < -0.39 is 0 Å². The van der Waals surface area contributed by atoms with Crippen molar-refractivity contribution >= 4 is 11.3 Å². The normalized spacial score (nSPS) is 35.4. The number of hydrogen-bond donors (Lipinski definition) is 1. The highest BCUT2D eigenvalue weighted by atomic mass is 32.1. The fourth-order valence-corrected chi connectivity index (χ4v) is 4.03. The Morgan fingerprint density at radius 3 is 3.40 bits per heavy atom. The Balaban J connectivity index is 1.99. The number of thiophene rings is 1. The lowest BCUT2D eigenvalue weighted by Gasteiger charge is -2.42. The molecule has 0 aromatic carbocycles. The van der Waals surface area contributed by atoms with Crippen molar-refractivity contribution in [3.8, 4) is 0 Å². The molecular formula is C12H17NOS. The lowest BCUT2D eigenvalue weighted by atomic mass is 9.83. The van der Waals surface area contributed by atoms with E-state index in [1.165, 1.54) is 10.4 Å². The maximum absolute atomic E-state index is 6.13. The molecule has 1 aromatic heterocycles. The topological polar surface area (TPSA) is 21.3 Å². The molecule has 1 spiro atoms. The lowest BCUT2D eigenvalue weighted by Crippen LogP contribution is -2.48. The largest absolute Gasteiger partial charge is 0.369 e. The molecule has 3 heterocycles. The van der Waals surface area contributed by atoms with Crippen LogP contribution in [0.5, 0.6) is 0 Å². The molecule has 0 radical (unpaired) electrons. The van der Waals surface area contributed by atoms with Crippen molar-refractivity contribution in [3.63, 3.8) is 0 Å². The summed E-state index contributed by atoms with van der Waals surface area (Å²) in [7, 11) is 0. The summed E-state index contributed by atoms with van der Waals surface area (Å²) in [5.74, 6) is 0. The molecule has 2 nitrogen and oxygen atoms in total. The van der Waals surface area contributed by atoms with E-state index in [1.54, 1.807) is 0 Å². The number of rotatable bonds is 0. The van der Waals surface area contributed by atoms with E-state index in [2.05, 4.69) is 23.7 Å². The van der Waals surface area contributed by atoms with E-state index in [1.807, 2.05) is 11.3 Å². The molecule has 1 aromatic rings. The Morgan fingerprint density at radius 2 is 2.53 bits per heavy atom. The zero-order chi connectivity index (χ0) is 10.3. The number of hydrogen-bond acceptors (Lipinski definition) is 3. The fraction of sp³-hybridized carbons (Fsp3) is 0.667. The van der Waals surface area contributed by atoms with Crippen LogP contribution < -0.4 is 5.32 Å². The molecule has 0 amide bonds. The van der Waals surface area contributed by atoms with Crippen LogP contribution in [-0.2, 0) is 16.8 Å². The quantitative estimate of drug-likeness (QED) is 0.728. The second-order valence-electron chi connectivity index (χ2n) is 4.68. The summed E-state index contributed by atoms with van der Waals surface area (Å²) in [6.07, 6.45) is 3.35. The minimum atomic E-state index is 0.0480. The van der Waals surface area contributed by atoms with Gasteiger partial charge in [-0.05, 0) is 49.7 Å². The standard InChI is InChI=1S/C12H17NOS/c1-9-8-12(4-5-13-9)11-10(2-6-14-12)3-7-15-11/h3,7,9,13H,2,4-6,8H2,1H3/t9-,12-/m0/s1. The fourth-order valence-electron chi connectivity index (χ4n) is 2.88. The van der Waals surface area contributed by atoms with E-state index in [0.717, 1.165) is 32.4 Å². The zero-order valence-corrected chi connectivity index (χ0v) is 9.90. The molecule has 0 bridgehead atoms. The van der Waals surface area contributed by atoms with Crippen LogP contribution >= 0.6 is 11.3 Å². The van der Waals surface area contributed by atoms with Crippen LogP contribution in [-0.4, -0.2) is 19.2 Å². The summed E-state index contributed by atoms with van der Waals surface area (Å²) in [4.78, 5) is 1.50. The summed E-state index contributed by atoms with van der Waals surface area (Å²) < 4.78 is 6.13. The van der Waals surface area contributed by atoms with Crippen molar-refractivity contribution in [2.45, 2.75) is 37.8 Å². The van der Waals surface area contributed by atoms with Crippen LogP contribution in [0.3, 0.4) is 0 Å². The van der Waals surface area contributed by atoms with Crippen LogP contribution in [0.4, 0.5) is 0 Å². The maximum atomic E-state index is 6.13. The van der Waals surface area contributed by atoms with E-state index in [9.17, 15) is 0 Å². The monoisotopic (exact) mass is 223 g/mol. The molecule has 1 N–H and O–H groups in total. The average molecular weight is 223 g/mol. The molecule has 3 rings (SSSR count). The van der Waals surface area contributed by atoms with E-state index in [-0.39, 0.29) is 5.60 Å². The molecule has 1 saturated heterocycles. The first kappa shape index (κ1) is 9.82. The number of ether oxygens (including phenoxy) is 1. The highest BCUT2D eigenvalue weighted by Gasteiger charge is 2.41. The molecule has 2 aliphatic rings. The van der Waals surface area contributed by atoms with Crippen molar-refractivity contribution in [2.24, 2.45) is 0 Å².